The van der Waals surface area contributed by atoms with Crippen LogP contribution in [0.3, 0.4) is 0 Å². The molecule has 94 valence electrons. The molecule has 0 aliphatic carbocycles. The Labute approximate surface area is 106 Å². The third-order valence-electron chi connectivity index (χ3n) is 2.30. The van der Waals surface area contributed by atoms with Gasteiger partial charge in [0.2, 0.25) is 0 Å². The van der Waals surface area contributed by atoms with Gasteiger partial charge in [0.15, 0.2) is 5.69 Å². The van der Waals surface area contributed by atoms with Gasteiger partial charge in [0.1, 0.15) is 5.76 Å². The zero-order valence-corrected chi connectivity index (χ0v) is 10.4. The number of carbonyl (C=O) groups is 1. The fourth-order valence-corrected chi connectivity index (χ4v) is 2.56. The lowest BCUT2D eigenvalue weighted by Gasteiger charge is -2.00. The molecule has 6 heteroatoms. The molecule has 18 heavy (non-hydrogen) atoms. The molecule has 1 heterocycles. The minimum Gasteiger partial charge on any atom is -0.476 e. The van der Waals surface area contributed by atoms with E-state index in [4.69, 9.17) is 9.63 Å². The van der Waals surface area contributed by atoms with Gasteiger partial charge in [-0.05, 0) is 24.6 Å². The van der Waals surface area contributed by atoms with E-state index in [0.29, 0.717) is 10.7 Å². The molecule has 2 rings (SSSR count). The monoisotopic (exact) mass is 265 g/mol. The highest BCUT2D eigenvalue weighted by Gasteiger charge is 2.13. The van der Waals surface area contributed by atoms with Gasteiger partial charge in [-0.2, -0.15) is 0 Å². The summed E-state index contributed by atoms with van der Waals surface area (Å²) in [5, 5.41) is 12.1. The van der Waals surface area contributed by atoms with Crippen LogP contribution in [-0.4, -0.2) is 20.4 Å². The van der Waals surface area contributed by atoms with Crippen molar-refractivity contribution in [3.8, 4) is 0 Å². The van der Waals surface area contributed by atoms with Crippen molar-refractivity contribution in [2.45, 2.75) is 17.6 Å². The van der Waals surface area contributed by atoms with Gasteiger partial charge < -0.3 is 9.63 Å². The van der Waals surface area contributed by atoms with Crippen LogP contribution in [0, 0.1) is 6.92 Å². The average Bonchev–Trinajstić information content (AvgIpc) is 2.77. The van der Waals surface area contributed by atoms with E-state index in [0.717, 1.165) is 5.56 Å². The quantitative estimate of drug-likeness (QED) is 0.914. The Morgan fingerprint density at radius 3 is 2.83 bits per heavy atom. The van der Waals surface area contributed by atoms with Gasteiger partial charge in [-0.1, -0.05) is 17.3 Å². The number of aryl methyl sites for hydroxylation is 1. The first kappa shape index (κ1) is 12.5. The van der Waals surface area contributed by atoms with Crippen molar-refractivity contribution >= 4 is 16.8 Å². The minimum atomic E-state index is -1.27. The third kappa shape index (κ3) is 2.84. The number of aromatic carboxylic acids is 1. The summed E-state index contributed by atoms with van der Waals surface area (Å²) in [6, 6.07) is 8.61. The number of nitrogens with zero attached hydrogens (tertiary/aromatic N) is 1. The summed E-state index contributed by atoms with van der Waals surface area (Å²) in [6.45, 7) is 1.91. The van der Waals surface area contributed by atoms with Crippen LogP contribution in [0.4, 0.5) is 0 Å². The molecule has 0 saturated heterocycles. The molecular formula is C12H11NO4S. The van der Waals surface area contributed by atoms with Crippen LogP contribution in [0.1, 0.15) is 21.8 Å². The van der Waals surface area contributed by atoms with Crippen LogP contribution >= 0.6 is 0 Å². The Balaban J connectivity index is 2.13. The van der Waals surface area contributed by atoms with E-state index in [2.05, 4.69) is 5.16 Å². The molecule has 0 bridgehead atoms. The van der Waals surface area contributed by atoms with Gasteiger partial charge >= 0.3 is 5.97 Å². The lowest BCUT2D eigenvalue weighted by molar-refractivity contribution is 0.0685. The van der Waals surface area contributed by atoms with E-state index >= 15 is 0 Å². The first-order chi connectivity index (χ1) is 8.56. The molecule has 1 atom stereocenters. The van der Waals surface area contributed by atoms with Crippen LogP contribution < -0.4 is 0 Å². The third-order valence-corrected chi connectivity index (χ3v) is 3.63. The number of aromatic nitrogens is 1. The first-order valence-electron chi connectivity index (χ1n) is 5.20. The SMILES string of the molecule is Cc1cccc(S(=O)Cc2cc(C(=O)O)no2)c1. The van der Waals surface area contributed by atoms with E-state index in [1.807, 2.05) is 25.1 Å². The number of carboxylic acids is 1. The standard InChI is InChI=1S/C12H11NO4S/c1-8-3-2-4-10(5-8)18(16)7-9-6-11(12(14)15)13-17-9/h2-6H,7H2,1H3,(H,14,15). The molecule has 0 fully saturated rings. The second-order valence-electron chi connectivity index (χ2n) is 3.79. The Morgan fingerprint density at radius 1 is 1.44 bits per heavy atom. The Kier molecular flexibility index (Phi) is 3.57. The Hall–Kier alpha value is -1.95. The molecule has 0 radical (unpaired) electrons. The van der Waals surface area contributed by atoms with Crippen LogP contribution in [0.5, 0.6) is 0 Å². The Morgan fingerprint density at radius 2 is 2.22 bits per heavy atom. The highest BCUT2D eigenvalue weighted by molar-refractivity contribution is 7.84. The number of hydrogen-bond acceptors (Lipinski definition) is 4. The van der Waals surface area contributed by atoms with Gasteiger partial charge in [-0.25, -0.2) is 4.79 Å². The summed E-state index contributed by atoms with van der Waals surface area (Å²) in [5.41, 5.74) is 0.843. The lowest BCUT2D eigenvalue weighted by Crippen LogP contribution is -1.96. The highest BCUT2D eigenvalue weighted by atomic mass is 32.2. The predicted molar refractivity (Wildman–Crippen MR) is 64.8 cm³/mol. The molecule has 1 aromatic heterocycles. The summed E-state index contributed by atoms with van der Waals surface area (Å²) in [7, 11) is -1.27. The smallest absolute Gasteiger partial charge is 0.358 e. The minimum absolute atomic E-state index is 0.115. The maximum absolute atomic E-state index is 12.0. The van der Waals surface area contributed by atoms with Gasteiger partial charge in [-0.15, -0.1) is 0 Å². The lowest BCUT2D eigenvalue weighted by atomic mass is 10.2. The summed E-state index contributed by atoms with van der Waals surface area (Å²) >= 11 is 0. The maximum atomic E-state index is 12.0. The van der Waals surface area contributed by atoms with Crippen molar-refractivity contribution in [2.75, 3.05) is 0 Å². The van der Waals surface area contributed by atoms with E-state index in [9.17, 15) is 9.00 Å². The summed E-state index contributed by atoms with van der Waals surface area (Å²) < 4.78 is 16.8. The van der Waals surface area contributed by atoms with Crippen molar-refractivity contribution in [1.29, 1.82) is 0 Å². The molecule has 0 aliphatic rings. The van der Waals surface area contributed by atoms with Crippen LogP contribution in [-0.2, 0) is 16.6 Å². The molecule has 0 aliphatic heterocycles. The van der Waals surface area contributed by atoms with Crippen LogP contribution in [0.15, 0.2) is 39.8 Å². The van der Waals surface area contributed by atoms with Crippen molar-refractivity contribution in [2.24, 2.45) is 0 Å². The van der Waals surface area contributed by atoms with Crippen molar-refractivity contribution in [1.82, 2.24) is 5.16 Å². The van der Waals surface area contributed by atoms with E-state index in [1.165, 1.54) is 6.07 Å². The first-order valence-corrected chi connectivity index (χ1v) is 6.52. The topological polar surface area (TPSA) is 80.4 Å². The molecule has 2 aromatic rings. The van der Waals surface area contributed by atoms with E-state index in [-0.39, 0.29) is 11.4 Å². The average molecular weight is 265 g/mol. The number of benzene rings is 1. The van der Waals surface area contributed by atoms with E-state index in [1.54, 1.807) is 6.07 Å². The normalized spacial score (nSPS) is 12.3. The summed E-state index contributed by atoms with van der Waals surface area (Å²) in [5.74, 6) is -0.748. The second kappa shape index (κ2) is 5.14. The molecule has 0 saturated carbocycles. The zero-order valence-electron chi connectivity index (χ0n) is 9.62. The zero-order chi connectivity index (χ0) is 13.1. The second-order valence-corrected chi connectivity index (χ2v) is 5.24. The van der Waals surface area contributed by atoms with Crippen molar-refractivity contribution < 1.29 is 18.6 Å². The number of hydrogen-bond donors (Lipinski definition) is 1. The molecule has 0 amide bonds. The molecular weight excluding hydrogens is 254 g/mol. The maximum Gasteiger partial charge on any atom is 0.358 e. The molecule has 5 nitrogen and oxygen atoms in total. The van der Waals surface area contributed by atoms with Gasteiger partial charge in [0.25, 0.3) is 0 Å². The van der Waals surface area contributed by atoms with Gasteiger partial charge in [0.05, 0.1) is 16.6 Å². The number of carboxylic acid groups (broad SMARTS) is 1. The number of rotatable bonds is 4. The molecule has 1 N–H and O–H groups in total. The Bertz CT molecular complexity index is 606. The summed E-state index contributed by atoms with van der Waals surface area (Å²) in [6.07, 6.45) is 0. The van der Waals surface area contributed by atoms with Crippen molar-refractivity contribution in [3.05, 3.63) is 47.3 Å². The fourth-order valence-electron chi connectivity index (χ4n) is 1.45. The van der Waals surface area contributed by atoms with Crippen molar-refractivity contribution in [3.63, 3.8) is 0 Å². The molecule has 1 aromatic carbocycles. The van der Waals surface area contributed by atoms with Crippen LogP contribution in [0.2, 0.25) is 0 Å². The molecule has 0 spiro atoms. The molecule has 1 unspecified atom stereocenters. The summed E-state index contributed by atoms with van der Waals surface area (Å²) in [4.78, 5) is 11.3. The van der Waals surface area contributed by atoms with Crippen LogP contribution in [0.25, 0.3) is 0 Å². The predicted octanol–water partition coefficient (Wildman–Crippen LogP) is 1.99. The van der Waals surface area contributed by atoms with Gasteiger partial charge in [-0.3, -0.25) is 4.21 Å². The van der Waals surface area contributed by atoms with Gasteiger partial charge in [0, 0.05) is 11.0 Å². The highest BCUT2D eigenvalue weighted by Crippen LogP contribution is 2.14. The largest absolute Gasteiger partial charge is 0.476 e. The van der Waals surface area contributed by atoms with E-state index < -0.39 is 16.8 Å². The fraction of sp³-hybridized carbons (Fsp3) is 0.167.